The topological polar surface area (TPSA) is 84.0 Å². The lowest BCUT2D eigenvalue weighted by Gasteiger charge is -1.98. The summed E-state index contributed by atoms with van der Waals surface area (Å²) in [5.41, 5.74) is 5.40. The molecule has 0 spiro atoms. The van der Waals surface area contributed by atoms with Gasteiger partial charge in [-0.15, -0.1) is 0 Å². The molecule has 68 valence electrons. The van der Waals surface area contributed by atoms with Gasteiger partial charge in [0.2, 0.25) is 5.88 Å². The molecule has 0 amide bonds. The fraction of sp³-hybridized carbons (Fsp3) is 0.571. The minimum Gasteiger partial charge on any atom is -0.493 e. The van der Waals surface area contributed by atoms with Gasteiger partial charge in [0.25, 0.3) is 5.56 Å². The molecule has 0 radical (unpaired) electrons. The molecule has 0 atom stereocenters. The van der Waals surface area contributed by atoms with E-state index in [0.29, 0.717) is 25.1 Å². The molecular formula is C7H13N3O2. The van der Waals surface area contributed by atoms with Crippen LogP contribution in [0.3, 0.4) is 0 Å². The van der Waals surface area contributed by atoms with E-state index in [2.05, 4.69) is 5.10 Å². The Balaban J connectivity index is 3.10. The van der Waals surface area contributed by atoms with Gasteiger partial charge in [0.15, 0.2) is 0 Å². The smallest absolute Gasteiger partial charge is 0.271 e. The molecule has 0 fully saturated rings. The van der Waals surface area contributed by atoms with E-state index >= 15 is 0 Å². The summed E-state index contributed by atoms with van der Waals surface area (Å²) in [7, 11) is 0. The van der Waals surface area contributed by atoms with Gasteiger partial charge < -0.3 is 10.8 Å². The number of hydrogen-bond donors (Lipinski definition) is 3. The summed E-state index contributed by atoms with van der Waals surface area (Å²) in [5.74, 6) is 0.00736. The van der Waals surface area contributed by atoms with Crippen LogP contribution >= 0.6 is 0 Å². The molecule has 1 rings (SSSR count). The van der Waals surface area contributed by atoms with E-state index in [4.69, 9.17) is 5.73 Å². The molecule has 0 unspecified atom stereocenters. The summed E-state index contributed by atoms with van der Waals surface area (Å²) in [6.07, 6.45) is 0.411. The average Bonchev–Trinajstić information content (AvgIpc) is 2.32. The van der Waals surface area contributed by atoms with Crippen LogP contribution in [0.25, 0.3) is 0 Å². The number of H-pyrrole nitrogens is 1. The van der Waals surface area contributed by atoms with E-state index in [1.165, 1.54) is 4.68 Å². The number of aryl methyl sites for hydroxylation is 1. The SMILES string of the molecule is CCn1[nH]c(=O)c(CCN)c1O. The van der Waals surface area contributed by atoms with Crippen LogP contribution in [-0.2, 0) is 13.0 Å². The van der Waals surface area contributed by atoms with E-state index in [1.807, 2.05) is 6.92 Å². The Bertz CT molecular complexity index is 313. The zero-order valence-corrected chi connectivity index (χ0v) is 7.00. The van der Waals surface area contributed by atoms with Crippen molar-refractivity contribution in [2.24, 2.45) is 5.73 Å². The molecule has 4 N–H and O–H groups in total. The highest BCUT2D eigenvalue weighted by Gasteiger charge is 2.10. The van der Waals surface area contributed by atoms with Gasteiger partial charge in [-0.05, 0) is 19.9 Å². The predicted octanol–water partition coefficient (Wildman–Crippen LogP) is -0.597. The molecule has 12 heavy (non-hydrogen) atoms. The van der Waals surface area contributed by atoms with Crippen LogP contribution in [0.5, 0.6) is 5.88 Å². The normalized spacial score (nSPS) is 10.5. The van der Waals surface area contributed by atoms with Crippen LogP contribution in [-0.4, -0.2) is 21.4 Å². The lowest BCUT2D eigenvalue weighted by Crippen LogP contribution is -2.11. The Kier molecular flexibility index (Phi) is 2.54. The molecule has 1 aromatic rings. The second-order valence-corrected chi connectivity index (χ2v) is 2.53. The maximum absolute atomic E-state index is 11.1. The number of aromatic hydroxyl groups is 1. The van der Waals surface area contributed by atoms with E-state index in [1.54, 1.807) is 0 Å². The van der Waals surface area contributed by atoms with E-state index < -0.39 is 0 Å². The third kappa shape index (κ3) is 1.35. The quantitative estimate of drug-likeness (QED) is 0.568. The van der Waals surface area contributed by atoms with Gasteiger partial charge in [0, 0.05) is 6.54 Å². The van der Waals surface area contributed by atoms with E-state index in [-0.39, 0.29) is 11.4 Å². The zero-order valence-electron chi connectivity index (χ0n) is 7.00. The monoisotopic (exact) mass is 171 g/mol. The molecule has 0 aliphatic rings. The molecule has 1 aromatic heterocycles. The van der Waals surface area contributed by atoms with Gasteiger partial charge in [0.1, 0.15) is 0 Å². The van der Waals surface area contributed by atoms with Gasteiger partial charge in [0.05, 0.1) is 5.56 Å². The highest BCUT2D eigenvalue weighted by molar-refractivity contribution is 5.22. The zero-order chi connectivity index (χ0) is 9.14. The first-order chi connectivity index (χ1) is 5.70. The highest BCUT2D eigenvalue weighted by atomic mass is 16.3. The van der Waals surface area contributed by atoms with Crippen LogP contribution in [0.15, 0.2) is 4.79 Å². The second kappa shape index (κ2) is 3.44. The van der Waals surface area contributed by atoms with Crippen LogP contribution < -0.4 is 11.3 Å². The molecular weight excluding hydrogens is 158 g/mol. The van der Waals surface area contributed by atoms with Gasteiger partial charge >= 0.3 is 0 Å². The van der Waals surface area contributed by atoms with Crippen molar-refractivity contribution in [3.05, 3.63) is 15.9 Å². The molecule has 0 aliphatic carbocycles. The first-order valence-electron chi connectivity index (χ1n) is 3.91. The number of nitrogens with zero attached hydrogens (tertiary/aromatic N) is 1. The number of aromatic amines is 1. The van der Waals surface area contributed by atoms with Crippen LogP contribution in [0.4, 0.5) is 0 Å². The third-order valence-corrected chi connectivity index (χ3v) is 1.75. The van der Waals surface area contributed by atoms with E-state index in [9.17, 15) is 9.90 Å². The lowest BCUT2D eigenvalue weighted by molar-refractivity contribution is 0.400. The predicted molar refractivity (Wildman–Crippen MR) is 45.1 cm³/mol. The molecule has 0 saturated heterocycles. The maximum Gasteiger partial charge on any atom is 0.271 e. The number of rotatable bonds is 3. The average molecular weight is 171 g/mol. The van der Waals surface area contributed by atoms with Gasteiger partial charge in [-0.2, -0.15) is 0 Å². The molecule has 0 saturated carbocycles. The van der Waals surface area contributed by atoms with Crippen LogP contribution in [0.1, 0.15) is 12.5 Å². The van der Waals surface area contributed by atoms with Crippen molar-refractivity contribution >= 4 is 0 Å². The van der Waals surface area contributed by atoms with Crippen molar-refractivity contribution in [2.75, 3.05) is 6.54 Å². The molecule has 0 aliphatic heterocycles. The number of nitrogens with one attached hydrogen (secondary N) is 1. The Morgan fingerprint density at radius 3 is 2.75 bits per heavy atom. The minimum atomic E-state index is -0.250. The number of nitrogens with two attached hydrogens (primary N) is 1. The maximum atomic E-state index is 11.1. The van der Waals surface area contributed by atoms with Crippen molar-refractivity contribution in [1.29, 1.82) is 0 Å². The Morgan fingerprint density at radius 2 is 2.33 bits per heavy atom. The Labute approximate surface area is 69.8 Å². The van der Waals surface area contributed by atoms with Gasteiger partial charge in [-0.25, -0.2) is 0 Å². The van der Waals surface area contributed by atoms with Crippen molar-refractivity contribution in [3.63, 3.8) is 0 Å². The molecule has 0 aromatic carbocycles. The lowest BCUT2D eigenvalue weighted by atomic mass is 10.2. The first kappa shape index (κ1) is 8.86. The van der Waals surface area contributed by atoms with Crippen molar-refractivity contribution < 1.29 is 5.11 Å². The summed E-state index contributed by atoms with van der Waals surface area (Å²) in [4.78, 5) is 11.1. The van der Waals surface area contributed by atoms with E-state index in [0.717, 1.165) is 0 Å². The fourth-order valence-corrected chi connectivity index (χ4v) is 1.11. The summed E-state index contributed by atoms with van der Waals surface area (Å²) in [6.45, 7) is 2.75. The molecule has 1 heterocycles. The van der Waals surface area contributed by atoms with Gasteiger partial charge in [-0.1, -0.05) is 0 Å². The standard InChI is InChI=1S/C7H13N3O2/c1-2-10-7(12)5(3-4-8)6(11)9-10/h12H,2-4,8H2,1H3,(H,9,11). The summed E-state index contributed by atoms with van der Waals surface area (Å²) < 4.78 is 1.40. The third-order valence-electron chi connectivity index (χ3n) is 1.75. The second-order valence-electron chi connectivity index (χ2n) is 2.53. The van der Waals surface area contributed by atoms with Crippen LogP contribution in [0, 0.1) is 0 Å². The molecule has 5 nitrogen and oxygen atoms in total. The van der Waals surface area contributed by atoms with Crippen molar-refractivity contribution in [1.82, 2.24) is 9.78 Å². The number of hydrogen-bond acceptors (Lipinski definition) is 3. The van der Waals surface area contributed by atoms with Crippen molar-refractivity contribution in [2.45, 2.75) is 19.9 Å². The Morgan fingerprint density at radius 1 is 1.67 bits per heavy atom. The minimum absolute atomic E-state index is 0.00736. The largest absolute Gasteiger partial charge is 0.493 e. The summed E-state index contributed by atoms with van der Waals surface area (Å²) in [5, 5.41) is 11.9. The highest BCUT2D eigenvalue weighted by Crippen LogP contribution is 2.11. The molecule has 5 heteroatoms. The number of aromatic nitrogens is 2. The molecule has 0 bridgehead atoms. The Hall–Kier alpha value is -1.23. The van der Waals surface area contributed by atoms with Gasteiger partial charge in [-0.3, -0.25) is 14.6 Å². The summed E-state index contributed by atoms with van der Waals surface area (Å²) in [6, 6.07) is 0. The van der Waals surface area contributed by atoms with Crippen molar-refractivity contribution in [3.8, 4) is 5.88 Å². The first-order valence-corrected chi connectivity index (χ1v) is 3.91. The summed E-state index contributed by atoms with van der Waals surface area (Å²) >= 11 is 0. The fourth-order valence-electron chi connectivity index (χ4n) is 1.11. The van der Waals surface area contributed by atoms with Crippen LogP contribution in [0.2, 0.25) is 0 Å².